The molecule has 0 aliphatic rings. The number of nitriles is 1. The molecule has 0 atom stereocenters. The molecule has 0 radical (unpaired) electrons. The number of benzene rings is 2. The number of ether oxygens (including phenoxy) is 1. The van der Waals surface area contributed by atoms with Crippen molar-refractivity contribution in [3.05, 3.63) is 71.7 Å². The van der Waals surface area contributed by atoms with Crippen LogP contribution in [0.4, 0.5) is 10.1 Å². The van der Waals surface area contributed by atoms with Gasteiger partial charge in [0, 0.05) is 42.0 Å². The normalized spacial score (nSPS) is 11.2. The number of hydrogen-bond donors (Lipinski definition) is 2. The van der Waals surface area contributed by atoms with Gasteiger partial charge in [0.2, 0.25) is 5.91 Å². The second kappa shape index (κ2) is 10.2. The van der Waals surface area contributed by atoms with Gasteiger partial charge in [-0.3, -0.25) is 9.59 Å². The number of nitrogens with one attached hydrogen (secondary N) is 2. The summed E-state index contributed by atoms with van der Waals surface area (Å²) in [5.41, 5.74) is 1.69. The van der Waals surface area contributed by atoms with Crippen molar-refractivity contribution in [3.8, 4) is 6.07 Å². The number of para-hydroxylation sites is 1. The molecular weight excluding hydrogens is 399 g/mol. The summed E-state index contributed by atoms with van der Waals surface area (Å²) in [7, 11) is 1.56. The van der Waals surface area contributed by atoms with Gasteiger partial charge in [-0.25, -0.2) is 4.39 Å². The number of nitrogens with zero attached hydrogens (tertiary/aromatic N) is 2. The highest BCUT2D eigenvalue weighted by Gasteiger charge is 2.14. The zero-order valence-electron chi connectivity index (χ0n) is 16.9. The Morgan fingerprint density at radius 1 is 1.19 bits per heavy atom. The molecule has 1 heterocycles. The molecule has 7 nitrogen and oxygen atoms in total. The SMILES string of the molecule is COCCNC(=O)Cn1cc(/C=C(\C#N)C(=O)Nc2ccc(F)cc2)c2ccccc21. The van der Waals surface area contributed by atoms with Crippen LogP contribution in [-0.4, -0.2) is 36.6 Å². The minimum atomic E-state index is -0.608. The largest absolute Gasteiger partial charge is 0.383 e. The first-order chi connectivity index (χ1) is 15.0. The highest BCUT2D eigenvalue weighted by atomic mass is 19.1. The first-order valence-corrected chi connectivity index (χ1v) is 9.54. The lowest BCUT2D eigenvalue weighted by atomic mass is 10.1. The van der Waals surface area contributed by atoms with Crippen LogP contribution in [0.3, 0.4) is 0 Å². The Morgan fingerprint density at radius 3 is 2.65 bits per heavy atom. The summed E-state index contributed by atoms with van der Waals surface area (Å²) in [5, 5.41) is 15.6. The van der Waals surface area contributed by atoms with Crippen molar-refractivity contribution in [1.82, 2.24) is 9.88 Å². The zero-order valence-corrected chi connectivity index (χ0v) is 16.9. The minimum Gasteiger partial charge on any atom is -0.383 e. The van der Waals surface area contributed by atoms with Crippen molar-refractivity contribution >= 4 is 34.5 Å². The average molecular weight is 420 g/mol. The molecule has 0 saturated heterocycles. The first-order valence-electron chi connectivity index (χ1n) is 9.54. The molecule has 1 aromatic heterocycles. The fourth-order valence-corrected chi connectivity index (χ4v) is 3.06. The second-order valence-corrected chi connectivity index (χ2v) is 6.70. The predicted octanol–water partition coefficient (Wildman–Crippen LogP) is 3.09. The molecule has 0 aliphatic carbocycles. The van der Waals surface area contributed by atoms with Gasteiger partial charge in [-0.15, -0.1) is 0 Å². The number of carbonyl (C=O) groups excluding carboxylic acids is 2. The molecule has 0 saturated carbocycles. The van der Waals surface area contributed by atoms with E-state index in [0.717, 1.165) is 10.9 Å². The molecule has 0 bridgehead atoms. The highest BCUT2D eigenvalue weighted by molar-refractivity contribution is 6.10. The molecule has 0 spiro atoms. The monoisotopic (exact) mass is 420 g/mol. The molecule has 0 aliphatic heterocycles. The van der Waals surface area contributed by atoms with E-state index in [1.807, 2.05) is 30.3 Å². The van der Waals surface area contributed by atoms with Crippen LogP contribution in [0.25, 0.3) is 17.0 Å². The van der Waals surface area contributed by atoms with Gasteiger partial charge in [0.1, 0.15) is 24.0 Å². The third-order valence-electron chi connectivity index (χ3n) is 4.53. The number of amides is 2. The predicted molar refractivity (Wildman–Crippen MR) is 115 cm³/mol. The Kier molecular flexibility index (Phi) is 7.14. The number of rotatable bonds is 8. The topological polar surface area (TPSA) is 96.2 Å². The van der Waals surface area contributed by atoms with E-state index in [9.17, 15) is 19.2 Å². The van der Waals surface area contributed by atoms with Crippen LogP contribution >= 0.6 is 0 Å². The fraction of sp³-hybridized carbons (Fsp3) is 0.174. The number of fused-ring (bicyclic) bond motifs is 1. The van der Waals surface area contributed by atoms with Crippen molar-refractivity contribution in [3.63, 3.8) is 0 Å². The zero-order chi connectivity index (χ0) is 22.2. The van der Waals surface area contributed by atoms with Crippen LogP contribution in [0.2, 0.25) is 0 Å². The van der Waals surface area contributed by atoms with Gasteiger partial charge in [0.05, 0.1) is 6.61 Å². The molecule has 158 valence electrons. The highest BCUT2D eigenvalue weighted by Crippen LogP contribution is 2.24. The summed E-state index contributed by atoms with van der Waals surface area (Å²) in [6.07, 6.45) is 3.20. The average Bonchev–Trinajstić information content (AvgIpc) is 3.11. The molecule has 3 rings (SSSR count). The molecular formula is C23H21FN4O3. The smallest absolute Gasteiger partial charge is 0.266 e. The maximum atomic E-state index is 13.1. The standard InChI is InChI=1S/C23H21FN4O3/c1-31-11-10-26-22(29)15-28-14-17(20-4-2-3-5-21(20)28)12-16(13-25)23(30)27-19-8-6-18(24)7-9-19/h2-9,12,14H,10-11,15H2,1H3,(H,26,29)(H,27,30)/b16-12+. The first kappa shape index (κ1) is 21.7. The Balaban J connectivity index is 1.85. The number of anilines is 1. The van der Waals surface area contributed by atoms with Gasteiger partial charge < -0.3 is 19.9 Å². The van der Waals surface area contributed by atoms with E-state index >= 15 is 0 Å². The fourth-order valence-electron chi connectivity index (χ4n) is 3.06. The summed E-state index contributed by atoms with van der Waals surface area (Å²) >= 11 is 0. The molecule has 0 unspecified atom stereocenters. The molecule has 8 heteroatoms. The lowest BCUT2D eigenvalue weighted by Gasteiger charge is -2.06. The van der Waals surface area contributed by atoms with E-state index in [1.54, 1.807) is 17.9 Å². The maximum absolute atomic E-state index is 13.1. The van der Waals surface area contributed by atoms with Crippen LogP contribution in [0.15, 0.2) is 60.3 Å². The van der Waals surface area contributed by atoms with Gasteiger partial charge in [-0.1, -0.05) is 18.2 Å². The van der Waals surface area contributed by atoms with E-state index in [-0.39, 0.29) is 18.0 Å². The van der Waals surface area contributed by atoms with Crippen molar-refractivity contribution in [2.75, 3.05) is 25.6 Å². The molecule has 2 aromatic carbocycles. The number of halogens is 1. The molecule has 2 N–H and O–H groups in total. The van der Waals surface area contributed by atoms with Crippen LogP contribution < -0.4 is 10.6 Å². The summed E-state index contributed by atoms with van der Waals surface area (Å²) in [5.74, 6) is -1.21. The third kappa shape index (κ3) is 5.56. The third-order valence-corrected chi connectivity index (χ3v) is 4.53. The Morgan fingerprint density at radius 2 is 1.94 bits per heavy atom. The maximum Gasteiger partial charge on any atom is 0.266 e. The summed E-state index contributed by atoms with van der Waals surface area (Å²) in [4.78, 5) is 24.7. The molecule has 0 fully saturated rings. The minimum absolute atomic E-state index is 0.0851. The van der Waals surface area contributed by atoms with Gasteiger partial charge in [0.15, 0.2) is 0 Å². The quantitative estimate of drug-likeness (QED) is 0.333. The summed E-state index contributed by atoms with van der Waals surface area (Å²) in [6, 6.07) is 14.6. The number of hydrogen-bond acceptors (Lipinski definition) is 4. The van der Waals surface area contributed by atoms with Crippen molar-refractivity contribution in [1.29, 1.82) is 5.26 Å². The molecule has 3 aromatic rings. The van der Waals surface area contributed by atoms with E-state index in [0.29, 0.717) is 24.4 Å². The second-order valence-electron chi connectivity index (χ2n) is 6.70. The Labute approximate surface area is 178 Å². The van der Waals surface area contributed by atoms with Crippen LogP contribution in [0.5, 0.6) is 0 Å². The van der Waals surface area contributed by atoms with Crippen LogP contribution in [0.1, 0.15) is 5.56 Å². The molecule has 2 amide bonds. The van der Waals surface area contributed by atoms with Crippen LogP contribution in [-0.2, 0) is 20.9 Å². The summed E-state index contributed by atoms with van der Waals surface area (Å²) in [6.45, 7) is 0.909. The van der Waals surface area contributed by atoms with Crippen molar-refractivity contribution in [2.24, 2.45) is 0 Å². The van der Waals surface area contributed by atoms with Crippen molar-refractivity contribution < 1.29 is 18.7 Å². The van der Waals surface area contributed by atoms with E-state index < -0.39 is 11.7 Å². The van der Waals surface area contributed by atoms with Gasteiger partial charge in [-0.2, -0.15) is 5.26 Å². The van der Waals surface area contributed by atoms with Crippen molar-refractivity contribution in [2.45, 2.75) is 6.54 Å². The van der Waals surface area contributed by atoms with E-state index in [4.69, 9.17) is 4.74 Å². The lowest BCUT2D eigenvalue weighted by molar-refractivity contribution is -0.121. The number of methoxy groups -OCH3 is 1. The number of carbonyl (C=O) groups is 2. The van der Waals surface area contributed by atoms with Gasteiger partial charge >= 0.3 is 0 Å². The lowest BCUT2D eigenvalue weighted by Crippen LogP contribution is -2.30. The summed E-state index contributed by atoms with van der Waals surface area (Å²) < 4.78 is 19.7. The Hall–Kier alpha value is -3.96. The van der Waals surface area contributed by atoms with E-state index in [2.05, 4.69) is 10.6 Å². The number of aromatic nitrogens is 1. The molecule has 31 heavy (non-hydrogen) atoms. The van der Waals surface area contributed by atoms with Crippen LogP contribution in [0, 0.1) is 17.1 Å². The van der Waals surface area contributed by atoms with E-state index in [1.165, 1.54) is 30.3 Å². The van der Waals surface area contributed by atoms with Gasteiger partial charge in [0.25, 0.3) is 5.91 Å². The Bertz CT molecular complexity index is 1160. The van der Waals surface area contributed by atoms with Gasteiger partial charge in [-0.05, 0) is 36.4 Å².